The van der Waals surface area contributed by atoms with Crippen LogP contribution >= 0.6 is 0 Å². The topological polar surface area (TPSA) is 125 Å². The molecule has 33 heavy (non-hydrogen) atoms. The highest BCUT2D eigenvalue weighted by atomic mass is 32.2. The van der Waals surface area contributed by atoms with Crippen molar-refractivity contribution in [3.05, 3.63) is 53.8 Å². The lowest BCUT2D eigenvalue weighted by Crippen LogP contribution is -2.54. The van der Waals surface area contributed by atoms with Gasteiger partial charge >= 0.3 is 0 Å². The van der Waals surface area contributed by atoms with Crippen LogP contribution in [0.1, 0.15) is 25.8 Å². The van der Waals surface area contributed by atoms with Crippen LogP contribution in [0.25, 0.3) is 11.1 Å². The van der Waals surface area contributed by atoms with E-state index in [9.17, 15) is 22.9 Å². The number of nitrogens with zero attached hydrogens (tertiary/aromatic N) is 1. The third kappa shape index (κ3) is 4.64. The first-order valence-corrected chi connectivity index (χ1v) is 12.5. The van der Waals surface area contributed by atoms with Gasteiger partial charge in [-0.3, -0.25) is 4.79 Å². The molecule has 2 fully saturated rings. The lowest BCUT2D eigenvalue weighted by molar-refractivity contribution is -0.125. The molecule has 1 aliphatic carbocycles. The van der Waals surface area contributed by atoms with Gasteiger partial charge in [-0.25, -0.2) is 17.9 Å². The van der Waals surface area contributed by atoms with Crippen molar-refractivity contribution in [3.8, 4) is 17.2 Å². The minimum absolute atomic E-state index is 0.0261. The van der Waals surface area contributed by atoms with Gasteiger partial charge in [-0.2, -0.15) is 5.26 Å². The fraction of sp³-hybridized carbons (Fsp3) is 0.417. The van der Waals surface area contributed by atoms with Crippen molar-refractivity contribution in [1.82, 2.24) is 10.6 Å². The zero-order chi connectivity index (χ0) is 23.9. The highest BCUT2D eigenvalue weighted by Gasteiger charge is 2.51. The maximum absolute atomic E-state index is 14.8. The summed E-state index contributed by atoms with van der Waals surface area (Å²) >= 11 is 0. The van der Waals surface area contributed by atoms with Crippen molar-refractivity contribution in [3.63, 3.8) is 0 Å². The summed E-state index contributed by atoms with van der Waals surface area (Å²) in [6.45, 7) is 4.35. The van der Waals surface area contributed by atoms with Crippen LogP contribution in [-0.4, -0.2) is 32.5 Å². The summed E-state index contributed by atoms with van der Waals surface area (Å²) in [6, 6.07) is 11.6. The van der Waals surface area contributed by atoms with E-state index in [1.165, 1.54) is 24.3 Å². The Kier molecular flexibility index (Phi) is 6.27. The second-order valence-electron chi connectivity index (χ2n) is 9.14. The van der Waals surface area contributed by atoms with Gasteiger partial charge in [-0.1, -0.05) is 38.1 Å². The molecular formula is C24H27FN4O3S. The van der Waals surface area contributed by atoms with Crippen LogP contribution in [0, 0.1) is 34.9 Å². The molecule has 1 aliphatic heterocycles. The zero-order valence-corrected chi connectivity index (χ0v) is 19.3. The summed E-state index contributed by atoms with van der Waals surface area (Å²) in [6.07, 6.45) is 0.985. The molecule has 0 radical (unpaired) electrons. The van der Waals surface area contributed by atoms with Gasteiger partial charge in [0.1, 0.15) is 11.9 Å². The largest absolute Gasteiger partial charge is 0.339 e. The van der Waals surface area contributed by atoms with E-state index >= 15 is 0 Å². The molecule has 1 saturated carbocycles. The highest BCUT2D eigenvalue weighted by molar-refractivity contribution is 7.89. The van der Waals surface area contributed by atoms with Gasteiger partial charge in [0.2, 0.25) is 15.9 Å². The van der Waals surface area contributed by atoms with Crippen molar-refractivity contribution >= 4 is 15.9 Å². The molecule has 0 spiro atoms. The van der Waals surface area contributed by atoms with Gasteiger partial charge in [0.25, 0.3) is 0 Å². The van der Waals surface area contributed by atoms with Gasteiger partial charge in [0.15, 0.2) is 0 Å². The predicted octanol–water partition coefficient (Wildman–Crippen LogP) is 2.32. The molecule has 7 nitrogen and oxygen atoms in total. The molecular weight excluding hydrogens is 443 g/mol. The Morgan fingerprint density at radius 2 is 1.97 bits per heavy atom. The number of halogens is 1. The van der Waals surface area contributed by atoms with E-state index in [1.807, 2.05) is 0 Å². The van der Waals surface area contributed by atoms with E-state index in [2.05, 4.69) is 30.6 Å². The number of nitrogens with one attached hydrogen (secondary N) is 2. The van der Waals surface area contributed by atoms with Gasteiger partial charge < -0.3 is 10.6 Å². The number of rotatable bonds is 6. The summed E-state index contributed by atoms with van der Waals surface area (Å²) in [7, 11) is -3.87. The lowest BCUT2D eigenvalue weighted by Gasteiger charge is -2.32. The van der Waals surface area contributed by atoms with Crippen LogP contribution in [0.4, 0.5) is 4.39 Å². The molecule has 1 saturated heterocycles. The summed E-state index contributed by atoms with van der Waals surface area (Å²) < 4.78 is 38.0. The van der Waals surface area contributed by atoms with Crippen molar-refractivity contribution < 1.29 is 17.6 Å². The molecule has 2 aliphatic rings. The summed E-state index contributed by atoms with van der Waals surface area (Å²) in [4.78, 5) is 12.7. The first kappa shape index (κ1) is 23.4. The monoisotopic (exact) mass is 470 g/mol. The molecule has 0 unspecified atom stereocenters. The standard InChI is InChI=1S/C24H27FN4O3S/c1-13-14(2)22-11-20(13)23(29-22)24(30)28-18(12-26)8-17-7-6-16(10-21(17)25)15-4-3-5-19(9-15)33(27,31)32/h3-7,9-10,13-14,18,20,22-23,29H,8,11H2,1-2H3,(H,28,30)(H2,27,31,32)/t13-,14+,18+,20+,22+,23+/m1/s1. The summed E-state index contributed by atoms with van der Waals surface area (Å²) in [5.41, 5.74) is 1.27. The van der Waals surface area contributed by atoms with Crippen molar-refractivity contribution in [2.45, 2.75) is 49.7 Å². The summed E-state index contributed by atoms with van der Waals surface area (Å²) in [5, 5.41) is 20.9. The van der Waals surface area contributed by atoms with Crippen molar-refractivity contribution in [2.75, 3.05) is 0 Å². The van der Waals surface area contributed by atoms with E-state index < -0.39 is 21.9 Å². The van der Waals surface area contributed by atoms with Gasteiger partial charge in [0.05, 0.1) is 17.0 Å². The quantitative estimate of drug-likeness (QED) is 0.598. The number of benzene rings is 2. The van der Waals surface area contributed by atoms with Gasteiger partial charge in [-0.05, 0) is 59.1 Å². The second-order valence-corrected chi connectivity index (χ2v) is 10.7. The number of nitriles is 1. The molecule has 9 heteroatoms. The number of primary sulfonamides is 1. The molecule has 1 amide bonds. The Labute approximate surface area is 193 Å². The Bertz CT molecular complexity index is 1220. The zero-order valence-electron chi connectivity index (χ0n) is 18.5. The van der Waals surface area contributed by atoms with Crippen LogP contribution in [0.5, 0.6) is 0 Å². The molecule has 174 valence electrons. The number of hydrogen-bond donors (Lipinski definition) is 3. The van der Waals surface area contributed by atoms with Crippen LogP contribution in [0.15, 0.2) is 47.4 Å². The molecule has 4 N–H and O–H groups in total. The van der Waals surface area contributed by atoms with E-state index in [0.29, 0.717) is 29.0 Å². The Hall–Kier alpha value is -2.80. The molecule has 4 rings (SSSR count). The average molecular weight is 471 g/mol. The Balaban J connectivity index is 1.45. The predicted molar refractivity (Wildman–Crippen MR) is 122 cm³/mol. The number of piperidine rings is 1. The molecule has 1 heterocycles. The SMILES string of the molecule is C[C@@H]1[C@H](C)[C@@H]2C[C@@H]1[C@@H](C(=O)N[C@H](C#N)Cc1ccc(-c3cccc(S(N)(=O)=O)c3)cc1F)N2. The molecule has 0 aromatic heterocycles. The van der Waals surface area contributed by atoms with Crippen molar-refractivity contribution in [1.29, 1.82) is 5.26 Å². The fourth-order valence-electron chi connectivity index (χ4n) is 5.12. The maximum atomic E-state index is 14.8. The van der Waals surface area contributed by atoms with E-state index in [0.717, 1.165) is 6.42 Å². The normalized spacial score (nSPS) is 27.2. The number of carbonyl (C=O) groups excluding carboxylic acids is 1. The number of amides is 1. The van der Waals surface area contributed by atoms with Crippen LogP contribution in [-0.2, 0) is 21.2 Å². The number of hydrogen-bond acceptors (Lipinski definition) is 5. The minimum atomic E-state index is -3.87. The maximum Gasteiger partial charge on any atom is 0.238 e. The highest BCUT2D eigenvalue weighted by Crippen LogP contribution is 2.44. The van der Waals surface area contributed by atoms with Gasteiger partial charge in [0, 0.05) is 12.5 Å². The van der Waals surface area contributed by atoms with Gasteiger partial charge in [-0.15, -0.1) is 0 Å². The molecule has 2 bridgehead atoms. The third-order valence-corrected chi connectivity index (χ3v) is 8.13. The number of fused-ring (bicyclic) bond motifs is 2. The van der Waals surface area contributed by atoms with Crippen LogP contribution in [0.3, 0.4) is 0 Å². The molecule has 2 aromatic carbocycles. The van der Waals surface area contributed by atoms with E-state index in [-0.39, 0.29) is 34.7 Å². The van der Waals surface area contributed by atoms with Crippen molar-refractivity contribution in [2.24, 2.45) is 22.9 Å². The smallest absolute Gasteiger partial charge is 0.238 e. The van der Waals surface area contributed by atoms with E-state index in [1.54, 1.807) is 18.2 Å². The lowest BCUT2D eigenvalue weighted by atomic mass is 9.84. The third-order valence-electron chi connectivity index (χ3n) is 7.22. The van der Waals surface area contributed by atoms with Crippen LogP contribution < -0.4 is 15.8 Å². The van der Waals surface area contributed by atoms with Crippen LogP contribution in [0.2, 0.25) is 0 Å². The number of sulfonamides is 1. The number of carbonyl (C=O) groups is 1. The molecule has 6 atom stereocenters. The molecule has 2 aromatic rings. The minimum Gasteiger partial charge on any atom is -0.339 e. The Morgan fingerprint density at radius 3 is 2.58 bits per heavy atom. The summed E-state index contributed by atoms with van der Waals surface area (Å²) in [5.74, 6) is 0.441. The first-order chi connectivity index (χ1) is 15.6. The fourth-order valence-corrected chi connectivity index (χ4v) is 5.68. The number of nitrogens with two attached hydrogens (primary N) is 1. The Morgan fingerprint density at radius 1 is 1.24 bits per heavy atom. The average Bonchev–Trinajstić information content (AvgIpc) is 3.34. The van der Waals surface area contributed by atoms with E-state index in [4.69, 9.17) is 5.14 Å². The second kappa shape index (κ2) is 8.86. The first-order valence-electron chi connectivity index (χ1n) is 11.0.